The molecule has 2 rings (SSSR count). The molecule has 1 amide bonds. The second kappa shape index (κ2) is 8.30. The zero-order chi connectivity index (χ0) is 20.4. The Labute approximate surface area is 164 Å². The van der Waals surface area contributed by atoms with Crippen molar-refractivity contribution in [2.24, 2.45) is 0 Å². The summed E-state index contributed by atoms with van der Waals surface area (Å²) in [5.74, 6) is -0.531. The Morgan fingerprint density at radius 2 is 1.93 bits per heavy atom. The van der Waals surface area contributed by atoms with E-state index < -0.39 is 17.5 Å². The highest BCUT2D eigenvalue weighted by molar-refractivity contribution is 6.30. The number of ether oxygens (including phenoxy) is 1. The van der Waals surface area contributed by atoms with Crippen LogP contribution in [-0.4, -0.2) is 47.8 Å². The van der Waals surface area contributed by atoms with E-state index in [9.17, 15) is 9.18 Å². The molecule has 0 bridgehead atoms. The number of hydrogen-bond donors (Lipinski definition) is 0. The van der Waals surface area contributed by atoms with Crippen molar-refractivity contribution < 1.29 is 13.9 Å². The number of nitrogens with zero attached hydrogens (tertiary/aromatic N) is 4. The van der Waals surface area contributed by atoms with Crippen LogP contribution in [-0.2, 0) is 4.74 Å². The first-order chi connectivity index (χ1) is 12.5. The molecule has 0 aliphatic heterocycles. The minimum atomic E-state index is -0.609. The Bertz CT molecular complexity index is 744. The van der Waals surface area contributed by atoms with E-state index in [0.717, 1.165) is 31.7 Å². The molecule has 0 saturated heterocycles. The van der Waals surface area contributed by atoms with Gasteiger partial charge in [0.15, 0.2) is 11.6 Å². The number of carbonyl (C=O) groups excluding carboxylic acids is 1. The van der Waals surface area contributed by atoms with Gasteiger partial charge in [-0.15, -0.1) is 0 Å². The zero-order valence-electron chi connectivity index (χ0n) is 16.4. The monoisotopic (exact) mass is 396 g/mol. The molecule has 0 N–H and O–H groups in total. The largest absolute Gasteiger partial charge is 0.444 e. The summed E-state index contributed by atoms with van der Waals surface area (Å²) in [6.07, 6.45) is 3.12. The van der Waals surface area contributed by atoms with E-state index >= 15 is 0 Å². The first-order valence-electron chi connectivity index (χ1n) is 9.00. The number of nitriles is 1. The van der Waals surface area contributed by atoms with Gasteiger partial charge in [0.1, 0.15) is 16.8 Å². The third-order valence-corrected chi connectivity index (χ3v) is 5.02. The second-order valence-corrected chi connectivity index (χ2v) is 8.22. The van der Waals surface area contributed by atoms with E-state index in [0.29, 0.717) is 0 Å². The fourth-order valence-electron chi connectivity index (χ4n) is 3.40. The second-order valence-electron chi connectivity index (χ2n) is 7.87. The molecule has 1 aromatic heterocycles. The zero-order valence-corrected chi connectivity index (χ0v) is 17.2. The molecule has 0 radical (unpaired) electrons. The van der Waals surface area contributed by atoms with Crippen molar-refractivity contribution in [1.29, 1.82) is 5.26 Å². The van der Waals surface area contributed by atoms with Crippen LogP contribution in [0.15, 0.2) is 6.07 Å². The average Bonchev–Trinajstić information content (AvgIpc) is 2.60. The Morgan fingerprint density at radius 3 is 2.48 bits per heavy atom. The number of rotatable bonds is 3. The van der Waals surface area contributed by atoms with Crippen molar-refractivity contribution in [2.75, 3.05) is 19.0 Å². The van der Waals surface area contributed by atoms with Gasteiger partial charge in [-0.25, -0.2) is 14.2 Å². The van der Waals surface area contributed by atoms with Crippen LogP contribution in [0.3, 0.4) is 0 Å². The van der Waals surface area contributed by atoms with Crippen molar-refractivity contribution in [3.05, 3.63) is 22.6 Å². The summed E-state index contributed by atoms with van der Waals surface area (Å²) in [6, 6.07) is 2.64. The number of anilines is 1. The highest BCUT2D eigenvalue weighted by Gasteiger charge is 2.36. The van der Waals surface area contributed by atoms with E-state index in [1.807, 2.05) is 26.8 Å². The quantitative estimate of drug-likeness (QED) is 0.710. The van der Waals surface area contributed by atoms with Crippen molar-refractivity contribution in [3.63, 3.8) is 0 Å². The van der Waals surface area contributed by atoms with E-state index in [4.69, 9.17) is 21.6 Å². The van der Waals surface area contributed by atoms with Crippen LogP contribution in [0.25, 0.3) is 0 Å². The maximum Gasteiger partial charge on any atom is 0.410 e. The molecule has 148 valence electrons. The Kier molecular flexibility index (Phi) is 6.53. The lowest BCUT2D eigenvalue weighted by Gasteiger charge is -2.43. The smallest absolute Gasteiger partial charge is 0.410 e. The highest BCUT2D eigenvalue weighted by Crippen LogP contribution is 2.31. The van der Waals surface area contributed by atoms with Gasteiger partial charge in [-0.05, 0) is 39.7 Å². The summed E-state index contributed by atoms with van der Waals surface area (Å²) in [4.78, 5) is 19.9. The normalized spacial score (nSPS) is 19.9. The molecule has 1 aliphatic carbocycles. The highest BCUT2D eigenvalue weighted by atomic mass is 35.5. The van der Waals surface area contributed by atoms with Gasteiger partial charge >= 0.3 is 6.09 Å². The van der Waals surface area contributed by atoms with Crippen molar-refractivity contribution >= 4 is 23.5 Å². The third kappa shape index (κ3) is 5.01. The fraction of sp³-hybridized carbons (Fsp3) is 0.632. The molecule has 1 saturated carbocycles. The summed E-state index contributed by atoms with van der Waals surface area (Å²) >= 11 is 6.00. The average molecular weight is 397 g/mol. The van der Waals surface area contributed by atoms with Gasteiger partial charge in [-0.2, -0.15) is 5.26 Å². The van der Waals surface area contributed by atoms with E-state index in [1.54, 1.807) is 23.9 Å². The maximum absolute atomic E-state index is 14.5. The van der Waals surface area contributed by atoms with Crippen LogP contribution in [0.2, 0.25) is 5.15 Å². The Hall–Kier alpha value is -2.07. The number of aromatic nitrogens is 1. The van der Waals surface area contributed by atoms with Gasteiger partial charge in [-0.1, -0.05) is 24.4 Å². The van der Waals surface area contributed by atoms with Crippen LogP contribution in [0.1, 0.15) is 52.0 Å². The first kappa shape index (κ1) is 21.2. The van der Waals surface area contributed by atoms with Crippen LogP contribution in [0, 0.1) is 17.1 Å². The number of likely N-dealkylation sites (N-methyl/N-ethyl adjacent to an activating group) is 2. The maximum atomic E-state index is 14.5. The van der Waals surface area contributed by atoms with Gasteiger partial charge < -0.3 is 14.5 Å². The topological polar surface area (TPSA) is 69.5 Å². The molecular formula is C19H26ClFN4O2. The number of halogens is 2. The van der Waals surface area contributed by atoms with E-state index in [1.165, 1.54) is 0 Å². The molecule has 1 heterocycles. The van der Waals surface area contributed by atoms with Gasteiger partial charge in [0.25, 0.3) is 0 Å². The Morgan fingerprint density at radius 1 is 1.33 bits per heavy atom. The van der Waals surface area contributed by atoms with E-state index in [2.05, 4.69) is 4.98 Å². The third-order valence-electron chi connectivity index (χ3n) is 4.74. The van der Waals surface area contributed by atoms with Gasteiger partial charge in [0.2, 0.25) is 0 Å². The standard InChI is InChI=1S/C19H26ClFN4O2/c1-19(2,3)27-18(26)25(5)15-9-7-6-8-14(15)24(4)17-13(21)10-12(11-22)16(20)23-17/h10,14-15H,6-9H2,1-5H3. The number of hydrogen-bond acceptors (Lipinski definition) is 5. The summed E-state index contributed by atoms with van der Waals surface area (Å²) in [5, 5.41) is 8.94. The SMILES string of the molecule is CN(C(=O)OC(C)(C)C)C1CCCCC1N(C)c1nc(Cl)c(C#N)cc1F. The molecule has 0 aromatic carbocycles. The molecule has 27 heavy (non-hydrogen) atoms. The molecule has 2 atom stereocenters. The molecule has 8 heteroatoms. The molecule has 1 fully saturated rings. The lowest BCUT2D eigenvalue weighted by atomic mass is 9.88. The van der Waals surface area contributed by atoms with Crippen LogP contribution >= 0.6 is 11.6 Å². The van der Waals surface area contributed by atoms with E-state index in [-0.39, 0.29) is 28.6 Å². The van der Waals surface area contributed by atoms with Crippen LogP contribution in [0.5, 0.6) is 0 Å². The van der Waals surface area contributed by atoms with Gasteiger partial charge in [-0.3, -0.25) is 0 Å². The summed E-state index contributed by atoms with van der Waals surface area (Å²) in [6.45, 7) is 5.46. The molecule has 6 nitrogen and oxygen atoms in total. The predicted octanol–water partition coefficient (Wildman–Crippen LogP) is 4.36. The van der Waals surface area contributed by atoms with Crippen molar-refractivity contribution in [3.8, 4) is 6.07 Å². The molecule has 1 aromatic rings. The summed E-state index contributed by atoms with van der Waals surface area (Å²) in [5.41, 5.74) is -0.590. The van der Waals surface area contributed by atoms with Crippen molar-refractivity contribution in [2.45, 2.75) is 64.1 Å². The van der Waals surface area contributed by atoms with Gasteiger partial charge in [0.05, 0.1) is 17.6 Å². The van der Waals surface area contributed by atoms with Crippen LogP contribution in [0.4, 0.5) is 15.0 Å². The molecule has 2 unspecified atom stereocenters. The minimum Gasteiger partial charge on any atom is -0.444 e. The lowest BCUT2D eigenvalue weighted by Crippen LogP contribution is -2.54. The summed E-state index contributed by atoms with van der Waals surface area (Å²) < 4.78 is 20.0. The summed E-state index contributed by atoms with van der Waals surface area (Å²) in [7, 11) is 3.44. The lowest BCUT2D eigenvalue weighted by molar-refractivity contribution is 0.0165. The predicted molar refractivity (Wildman–Crippen MR) is 102 cm³/mol. The van der Waals surface area contributed by atoms with Crippen LogP contribution < -0.4 is 4.90 Å². The molecule has 0 spiro atoms. The first-order valence-corrected chi connectivity index (χ1v) is 9.37. The molecular weight excluding hydrogens is 371 g/mol. The number of amides is 1. The fourth-order valence-corrected chi connectivity index (χ4v) is 3.58. The molecule has 1 aliphatic rings. The minimum absolute atomic E-state index is 0.00242. The number of pyridine rings is 1. The van der Waals surface area contributed by atoms with Gasteiger partial charge in [0, 0.05) is 14.1 Å². The van der Waals surface area contributed by atoms with Crippen molar-refractivity contribution in [1.82, 2.24) is 9.88 Å². The Balaban J connectivity index is 2.28. The number of carbonyl (C=O) groups is 1.